The summed E-state index contributed by atoms with van der Waals surface area (Å²) in [6, 6.07) is 0.948. The fourth-order valence-electron chi connectivity index (χ4n) is 2.05. The van der Waals surface area contributed by atoms with Crippen LogP contribution in [0.1, 0.15) is 25.5 Å². The van der Waals surface area contributed by atoms with Gasteiger partial charge in [0.1, 0.15) is 5.82 Å². The smallest absolute Gasteiger partial charge is 0.369 e. The van der Waals surface area contributed by atoms with Gasteiger partial charge in [-0.25, -0.2) is 4.98 Å². The Labute approximate surface area is 120 Å². The predicted octanol–water partition coefficient (Wildman–Crippen LogP) is 3.23. The van der Waals surface area contributed by atoms with Gasteiger partial charge in [-0.15, -0.1) is 0 Å². The molecule has 112 valence electrons. The van der Waals surface area contributed by atoms with Crippen LogP contribution in [0.25, 0.3) is 0 Å². The minimum atomic E-state index is -4.48. The van der Waals surface area contributed by atoms with Gasteiger partial charge in [0.2, 0.25) is 5.95 Å². The molecular formula is C12H17F3N4S. The van der Waals surface area contributed by atoms with Crippen LogP contribution in [0.5, 0.6) is 0 Å². The van der Waals surface area contributed by atoms with E-state index in [1.807, 2.05) is 11.8 Å². The first-order valence-electron chi connectivity index (χ1n) is 6.34. The van der Waals surface area contributed by atoms with E-state index < -0.39 is 11.9 Å². The number of hydrogen-bond acceptors (Lipinski definition) is 5. The number of anilines is 2. The van der Waals surface area contributed by atoms with E-state index in [0.29, 0.717) is 6.54 Å². The molecule has 0 saturated carbocycles. The monoisotopic (exact) mass is 306 g/mol. The van der Waals surface area contributed by atoms with Crippen molar-refractivity contribution >= 4 is 23.5 Å². The lowest BCUT2D eigenvalue weighted by molar-refractivity contribution is -0.141. The van der Waals surface area contributed by atoms with Gasteiger partial charge < -0.3 is 10.6 Å². The minimum absolute atomic E-state index is 0.0356. The van der Waals surface area contributed by atoms with Gasteiger partial charge in [0, 0.05) is 24.4 Å². The average Bonchev–Trinajstić information content (AvgIpc) is 2.82. The zero-order valence-electron chi connectivity index (χ0n) is 11.3. The number of hydrogen-bond donors (Lipinski definition) is 2. The summed E-state index contributed by atoms with van der Waals surface area (Å²) in [6.07, 6.45) is -2.28. The summed E-state index contributed by atoms with van der Waals surface area (Å²) in [5, 5.41) is 5.55. The van der Waals surface area contributed by atoms with Crippen LogP contribution in [0, 0.1) is 0 Å². The van der Waals surface area contributed by atoms with Crippen molar-refractivity contribution in [1.29, 1.82) is 0 Å². The van der Waals surface area contributed by atoms with Crippen molar-refractivity contribution in [3.05, 3.63) is 11.8 Å². The van der Waals surface area contributed by atoms with Crippen LogP contribution in [0.3, 0.4) is 0 Å². The highest BCUT2D eigenvalue weighted by Crippen LogP contribution is 2.38. The second-order valence-corrected chi connectivity index (χ2v) is 6.65. The molecule has 1 aliphatic heterocycles. The number of alkyl halides is 3. The van der Waals surface area contributed by atoms with Gasteiger partial charge in [-0.1, -0.05) is 0 Å². The second kappa shape index (κ2) is 5.67. The summed E-state index contributed by atoms with van der Waals surface area (Å²) in [7, 11) is 1.49. The normalized spacial score (nSPS) is 22.9. The molecule has 0 spiro atoms. The van der Waals surface area contributed by atoms with Crippen LogP contribution < -0.4 is 10.6 Å². The third-order valence-electron chi connectivity index (χ3n) is 3.18. The Morgan fingerprint density at radius 3 is 2.70 bits per heavy atom. The zero-order valence-corrected chi connectivity index (χ0v) is 12.2. The van der Waals surface area contributed by atoms with Crippen molar-refractivity contribution in [3.63, 3.8) is 0 Å². The highest BCUT2D eigenvalue weighted by Gasteiger charge is 2.34. The molecule has 1 atom stereocenters. The second-order valence-electron chi connectivity index (χ2n) is 4.97. The molecule has 0 bridgehead atoms. The Bertz CT molecular complexity index is 472. The van der Waals surface area contributed by atoms with Crippen LogP contribution in [-0.4, -0.2) is 34.1 Å². The lowest BCUT2D eigenvalue weighted by Gasteiger charge is -2.23. The molecule has 1 aliphatic rings. The number of nitrogens with zero attached hydrogens (tertiary/aromatic N) is 2. The zero-order chi connectivity index (χ0) is 14.8. The van der Waals surface area contributed by atoms with Gasteiger partial charge in [-0.05, 0) is 25.5 Å². The van der Waals surface area contributed by atoms with Gasteiger partial charge in [0.05, 0.1) is 0 Å². The molecule has 1 unspecified atom stereocenters. The van der Waals surface area contributed by atoms with E-state index >= 15 is 0 Å². The van der Waals surface area contributed by atoms with Crippen molar-refractivity contribution < 1.29 is 13.2 Å². The Kier molecular flexibility index (Phi) is 4.31. The summed E-state index contributed by atoms with van der Waals surface area (Å²) in [5.41, 5.74) is -0.941. The molecular weight excluding hydrogens is 289 g/mol. The fraction of sp³-hybridized carbons (Fsp3) is 0.667. The van der Waals surface area contributed by atoms with Gasteiger partial charge in [0.25, 0.3) is 0 Å². The van der Waals surface area contributed by atoms with E-state index in [1.165, 1.54) is 7.05 Å². The number of rotatable bonds is 4. The minimum Gasteiger partial charge on any atom is -0.369 e. The molecule has 1 aromatic rings. The third-order valence-corrected chi connectivity index (χ3v) is 4.72. The van der Waals surface area contributed by atoms with Gasteiger partial charge in [0.15, 0.2) is 5.69 Å². The molecule has 0 aromatic carbocycles. The SMILES string of the molecule is CNc1nc(NCC2(C)CCCS2)cc(C(F)(F)F)n1. The largest absolute Gasteiger partial charge is 0.433 e. The molecule has 0 radical (unpaired) electrons. The Morgan fingerprint density at radius 2 is 2.15 bits per heavy atom. The van der Waals surface area contributed by atoms with Gasteiger partial charge in [-0.3, -0.25) is 0 Å². The van der Waals surface area contributed by atoms with Crippen molar-refractivity contribution in [2.75, 3.05) is 30.0 Å². The predicted molar refractivity (Wildman–Crippen MR) is 75.2 cm³/mol. The van der Waals surface area contributed by atoms with Crippen molar-refractivity contribution in [2.45, 2.75) is 30.7 Å². The summed E-state index contributed by atoms with van der Waals surface area (Å²) in [4.78, 5) is 7.44. The lowest BCUT2D eigenvalue weighted by atomic mass is 10.1. The first-order valence-corrected chi connectivity index (χ1v) is 7.33. The molecule has 2 rings (SSSR count). The molecule has 2 N–H and O–H groups in total. The summed E-state index contributed by atoms with van der Waals surface area (Å²) >= 11 is 1.84. The number of aromatic nitrogens is 2. The Morgan fingerprint density at radius 1 is 1.40 bits per heavy atom. The maximum Gasteiger partial charge on any atom is 0.433 e. The van der Waals surface area contributed by atoms with E-state index in [-0.39, 0.29) is 16.5 Å². The van der Waals surface area contributed by atoms with Crippen LogP contribution >= 0.6 is 11.8 Å². The molecule has 1 fully saturated rings. The Hall–Kier alpha value is -1.18. The molecule has 0 amide bonds. The number of thioether (sulfide) groups is 1. The van der Waals surface area contributed by atoms with Crippen LogP contribution in [0.2, 0.25) is 0 Å². The first-order chi connectivity index (χ1) is 9.32. The van der Waals surface area contributed by atoms with E-state index in [2.05, 4.69) is 27.5 Å². The molecule has 20 heavy (non-hydrogen) atoms. The van der Waals surface area contributed by atoms with E-state index in [0.717, 1.165) is 24.7 Å². The van der Waals surface area contributed by atoms with E-state index in [4.69, 9.17) is 0 Å². The van der Waals surface area contributed by atoms with Gasteiger partial charge >= 0.3 is 6.18 Å². The van der Waals surface area contributed by atoms with Gasteiger partial charge in [-0.2, -0.15) is 29.9 Å². The summed E-state index contributed by atoms with van der Waals surface area (Å²) in [5.74, 6) is 1.26. The third kappa shape index (κ3) is 3.68. The quantitative estimate of drug-likeness (QED) is 0.894. The van der Waals surface area contributed by atoms with Crippen molar-refractivity contribution in [2.24, 2.45) is 0 Å². The first kappa shape index (κ1) is 15.2. The summed E-state index contributed by atoms with van der Waals surface area (Å²) in [6.45, 7) is 2.71. The highest BCUT2D eigenvalue weighted by atomic mass is 32.2. The molecule has 0 aliphatic carbocycles. The molecule has 4 nitrogen and oxygen atoms in total. The summed E-state index contributed by atoms with van der Waals surface area (Å²) < 4.78 is 38.3. The van der Waals surface area contributed by atoms with Crippen LogP contribution in [0.15, 0.2) is 6.07 Å². The number of halogens is 3. The number of nitrogens with one attached hydrogen (secondary N) is 2. The average molecular weight is 306 g/mol. The standard InChI is InChI=1S/C12H17F3N4S/c1-11(4-3-5-20-11)7-17-9-6-8(12(13,14)15)18-10(16-2)19-9/h6H,3-5,7H2,1-2H3,(H2,16,17,18,19). The van der Waals surface area contributed by atoms with Crippen LogP contribution in [-0.2, 0) is 6.18 Å². The van der Waals surface area contributed by atoms with E-state index in [9.17, 15) is 13.2 Å². The van der Waals surface area contributed by atoms with Crippen molar-refractivity contribution in [1.82, 2.24) is 9.97 Å². The van der Waals surface area contributed by atoms with E-state index in [1.54, 1.807) is 0 Å². The van der Waals surface area contributed by atoms with Crippen LogP contribution in [0.4, 0.5) is 24.9 Å². The Balaban J connectivity index is 2.14. The highest BCUT2D eigenvalue weighted by molar-refractivity contribution is 8.00. The maximum atomic E-state index is 12.8. The molecule has 2 heterocycles. The maximum absolute atomic E-state index is 12.8. The lowest BCUT2D eigenvalue weighted by Crippen LogP contribution is -2.27. The topological polar surface area (TPSA) is 49.8 Å². The molecule has 1 saturated heterocycles. The fourth-order valence-corrected chi connectivity index (χ4v) is 3.29. The van der Waals surface area contributed by atoms with Crippen molar-refractivity contribution in [3.8, 4) is 0 Å². The molecule has 1 aromatic heterocycles. The molecule has 8 heteroatoms.